The van der Waals surface area contributed by atoms with Crippen molar-refractivity contribution in [2.45, 2.75) is 60.0 Å². The summed E-state index contributed by atoms with van der Waals surface area (Å²) in [6, 6.07) is 16.7. The number of aromatic nitrogens is 1. The zero-order valence-corrected chi connectivity index (χ0v) is 23.6. The van der Waals surface area contributed by atoms with Gasteiger partial charge in [0.1, 0.15) is 18.5 Å². The number of nitrogens with zero attached hydrogens (tertiary/aromatic N) is 1. The van der Waals surface area contributed by atoms with E-state index in [0.29, 0.717) is 5.56 Å². The number of aryl methyl sites for hydroxylation is 3. The molecule has 1 N–H and O–H groups in total. The molecule has 0 unspecified atom stereocenters. The summed E-state index contributed by atoms with van der Waals surface area (Å²) in [4.78, 5) is 18.7. The summed E-state index contributed by atoms with van der Waals surface area (Å²) < 4.78 is 12.5. The first-order valence-corrected chi connectivity index (χ1v) is 14.0. The second kappa shape index (κ2) is 10.5. The molecule has 38 heavy (non-hydrogen) atoms. The van der Waals surface area contributed by atoms with Gasteiger partial charge in [0.15, 0.2) is 0 Å². The first kappa shape index (κ1) is 26.4. The summed E-state index contributed by atoms with van der Waals surface area (Å²) in [5, 5.41) is 11.4. The van der Waals surface area contributed by atoms with Gasteiger partial charge >= 0.3 is 5.97 Å². The molecule has 0 spiro atoms. The Morgan fingerprint density at radius 1 is 1.16 bits per heavy atom. The van der Waals surface area contributed by atoms with E-state index in [4.69, 9.17) is 14.5 Å². The van der Waals surface area contributed by atoms with E-state index in [-0.39, 0.29) is 12.6 Å². The van der Waals surface area contributed by atoms with Crippen molar-refractivity contribution in [3.8, 4) is 16.9 Å². The molecule has 5 nitrogen and oxygen atoms in total. The van der Waals surface area contributed by atoms with Crippen molar-refractivity contribution < 1.29 is 19.4 Å². The van der Waals surface area contributed by atoms with Crippen LogP contribution in [-0.2, 0) is 22.4 Å². The van der Waals surface area contributed by atoms with E-state index in [1.807, 2.05) is 39.8 Å². The Labute approximate surface area is 228 Å². The first-order valence-electron chi connectivity index (χ1n) is 13.2. The Morgan fingerprint density at radius 2 is 1.92 bits per heavy atom. The number of fused-ring (bicyclic) bond motifs is 2. The number of esters is 1. The molecule has 2 aromatic carbocycles. The normalized spacial score (nSPS) is 14.2. The fourth-order valence-corrected chi connectivity index (χ4v) is 6.25. The molecule has 1 aliphatic heterocycles. The van der Waals surface area contributed by atoms with Gasteiger partial charge in [-0.05, 0) is 81.8 Å². The summed E-state index contributed by atoms with van der Waals surface area (Å²) in [5.74, 6) is 0.586. The van der Waals surface area contributed by atoms with E-state index in [1.54, 1.807) is 11.3 Å². The maximum Gasteiger partial charge on any atom is 0.311 e. The Kier molecular flexibility index (Phi) is 7.30. The topological polar surface area (TPSA) is 68.7 Å². The Bertz CT molecular complexity index is 1480. The van der Waals surface area contributed by atoms with Crippen LogP contribution in [0.3, 0.4) is 0 Å². The molecule has 198 valence electrons. The van der Waals surface area contributed by atoms with Gasteiger partial charge in [0.25, 0.3) is 0 Å². The Hall–Kier alpha value is -3.22. The Balaban J connectivity index is 1.66. The van der Waals surface area contributed by atoms with E-state index in [1.165, 1.54) is 21.6 Å². The molecule has 0 radical (unpaired) electrons. The van der Waals surface area contributed by atoms with Crippen LogP contribution in [0.1, 0.15) is 66.1 Å². The molecule has 3 heterocycles. The summed E-state index contributed by atoms with van der Waals surface area (Å²) in [7, 11) is 0. The van der Waals surface area contributed by atoms with Crippen LogP contribution in [0.2, 0.25) is 0 Å². The van der Waals surface area contributed by atoms with Crippen molar-refractivity contribution in [2.75, 3.05) is 13.2 Å². The number of pyridine rings is 1. The van der Waals surface area contributed by atoms with Gasteiger partial charge in [0.05, 0.1) is 22.2 Å². The molecule has 1 aliphatic rings. The number of hydrogen-bond donors (Lipinski definition) is 1. The van der Waals surface area contributed by atoms with E-state index < -0.39 is 11.5 Å². The van der Waals surface area contributed by atoms with Crippen molar-refractivity contribution in [1.82, 2.24) is 4.98 Å². The molecule has 0 bridgehead atoms. The lowest BCUT2D eigenvalue weighted by Crippen LogP contribution is -2.25. The molecule has 6 heteroatoms. The van der Waals surface area contributed by atoms with Gasteiger partial charge in [-0.3, -0.25) is 9.78 Å². The Morgan fingerprint density at radius 3 is 2.66 bits per heavy atom. The number of ether oxygens (including phenoxy) is 2. The highest BCUT2D eigenvalue weighted by Gasteiger charge is 2.28. The van der Waals surface area contributed by atoms with Crippen molar-refractivity contribution in [3.63, 3.8) is 0 Å². The summed E-state index contributed by atoms with van der Waals surface area (Å²) in [6.07, 6.45) is 1.74. The van der Waals surface area contributed by atoms with Gasteiger partial charge < -0.3 is 14.6 Å². The molecule has 5 rings (SSSR count). The van der Waals surface area contributed by atoms with Gasteiger partial charge in [-0.15, -0.1) is 11.3 Å². The second-order valence-corrected chi connectivity index (χ2v) is 12.3. The van der Waals surface area contributed by atoms with Crippen LogP contribution in [0.4, 0.5) is 0 Å². The SMILES string of the molecule is Cc1nc2c(Cc3ccccc3)c(C)sc2c(-c2ccc3c(c2)CCCO3)c1[C@H](O)COC(=O)C(C)(C)C. The minimum Gasteiger partial charge on any atom is -0.493 e. The third-order valence-corrected chi connectivity index (χ3v) is 8.24. The van der Waals surface area contributed by atoms with Crippen molar-refractivity contribution in [3.05, 3.63) is 81.4 Å². The van der Waals surface area contributed by atoms with Crippen LogP contribution >= 0.6 is 11.3 Å². The average Bonchev–Trinajstić information content (AvgIpc) is 3.20. The summed E-state index contributed by atoms with van der Waals surface area (Å²) >= 11 is 1.71. The van der Waals surface area contributed by atoms with Gasteiger partial charge in [0.2, 0.25) is 0 Å². The molecule has 0 saturated heterocycles. The number of benzene rings is 2. The summed E-state index contributed by atoms with van der Waals surface area (Å²) in [5.41, 5.74) is 7.39. The molecular formula is C32H35NO4S. The van der Waals surface area contributed by atoms with E-state index in [9.17, 15) is 9.90 Å². The highest BCUT2D eigenvalue weighted by molar-refractivity contribution is 7.19. The zero-order chi connectivity index (χ0) is 27.0. The quantitative estimate of drug-likeness (QED) is 0.269. The second-order valence-electron chi connectivity index (χ2n) is 11.1. The van der Waals surface area contributed by atoms with Crippen molar-refractivity contribution in [2.24, 2.45) is 5.41 Å². The minimum absolute atomic E-state index is 0.119. The molecule has 0 fully saturated rings. The monoisotopic (exact) mass is 529 g/mol. The smallest absolute Gasteiger partial charge is 0.311 e. The van der Waals surface area contributed by atoms with Crippen molar-refractivity contribution >= 4 is 27.5 Å². The minimum atomic E-state index is -1.000. The number of thiophene rings is 1. The maximum absolute atomic E-state index is 12.5. The van der Waals surface area contributed by atoms with Gasteiger partial charge in [0, 0.05) is 28.1 Å². The average molecular weight is 530 g/mol. The lowest BCUT2D eigenvalue weighted by atomic mass is 9.91. The maximum atomic E-state index is 12.5. The number of carbonyl (C=O) groups is 1. The summed E-state index contributed by atoms with van der Waals surface area (Å²) in [6.45, 7) is 10.1. The van der Waals surface area contributed by atoms with Gasteiger partial charge in [-0.2, -0.15) is 0 Å². The third-order valence-electron chi connectivity index (χ3n) is 7.09. The van der Waals surface area contributed by atoms with Gasteiger partial charge in [-0.1, -0.05) is 36.4 Å². The number of aliphatic hydroxyl groups excluding tert-OH is 1. The molecule has 0 amide bonds. The molecule has 0 saturated carbocycles. The molecule has 2 aromatic heterocycles. The largest absolute Gasteiger partial charge is 0.493 e. The first-order chi connectivity index (χ1) is 18.1. The van der Waals surface area contributed by atoms with Crippen LogP contribution in [0, 0.1) is 19.3 Å². The number of carbonyl (C=O) groups excluding carboxylic acids is 1. The fraction of sp³-hybridized carbons (Fsp3) is 0.375. The van der Waals surface area contributed by atoms with Crippen LogP contribution in [-0.4, -0.2) is 29.3 Å². The highest BCUT2D eigenvalue weighted by Crippen LogP contribution is 2.44. The molecule has 4 aromatic rings. The fourth-order valence-electron chi connectivity index (χ4n) is 5.06. The van der Waals surface area contributed by atoms with E-state index >= 15 is 0 Å². The van der Waals surface area contributed by atoms with Crippen LogP contribution in [0.25, 0.3) is 21.3 Å². The third kappa shape index (κ3) is 5.20. The predicted octanol–water partition coefficient (Wildman–Crippen LogP) is 7.12. The van der Waals surface area contributed by atoms with Crippen LogP contribution in [0.5, 0.6) is 5.75 Å². The highest BCUT2D eigenvalue weighted by atomic mass is 32.1. The molecule has 0 aliphatic carbocycles. The van der Waals surface area contributed by atoms with Crippen LogP contribution < -0.4 is 4.74 Å². The number of hydrogen-bond acceptors (Lipinski definition) is 6. The van der Waals surface area contributed by atoms with E-state index in [0.717, 1.165) is 58.7 Å². The molecule has 1 atom stereocenters. The standard InChI is InChI=1S/C32H35NO4S/c1-19-27(25(34)18-37-31(35)32(3,4)5)28(23-13-14-26-22(17-23)12-9-15-36-26)30-29(33-19)24(20(2)38-30)16-21-10-7-6-8-11-21/h6-8,10-11,13-14,17,25,34H,9,12,15-16,18H2,1-5H3/t25-/m1/s1. The predicted molar refractivity (Wildman–Crippen MR) is 153 cm³/mol. The van der Waals surface area contributed by atoms with E-state index in [2.05, 4.69) is 43.3 Å². The van der Waals surface area contributed by atoms with Crippen LogP contribution in [0.15, 0.2) is 48.5 Å². The lowest BCUT2D eigenvalue weighted by Gasteiger charge is -2.23. The number of rotatable bonds is 6. The molecular weight excluding hydrogens is 494 g/mol. The number of aliphatic hydroxyl groups is 1. The zero-order valence-electron chi connectivity index (χ0n) is 22.8. The van der Waals surface area contributed by atoms with Crippen molar-refractivity contribution in [1.29, 1.82) is 0 Å². The van der Waals surface area contributed by atoms with Gasteiger partial charge in [-0.25, -0.2) is 0 Å². The lowest BCUT2D eigenvalue weighted by molar-refractivity contribution is -0.156.